The van der Waals surface area contributed by atoms with E-state index in [0.29, 0.717) is 34.4 Å². The van der Waals surface area contributed by atoms with Gasteiger partial charge in [0.25, 0.3) is 11.5 Å². The van der Waals surface area contributed by atoms with Crippen molar-refractivity contribution in [1.82, 2.24) is 14.9 Å². The molecule has 0 spiro atoms. The van der Waals surface area contributed by atoms with Crippen LogP contribution in [0.25, 0.3) is 10.9 Å². The lowest BCUT2D eigenvalue weighted by atomic mass is 10.1. The van der Waals surface area contributed by atoms with E-state index in [9.17, 15) is 19.2 Å². The first-order chi connectivity index (χ1) is 16.0. The highest BCUT2D eigenvalue weighted by molar-refractivity contribution is 5.98. The summed E-state index contributed by atoms with van der Waals surface area (Å²) in [6, 6.07) is 13.8. The number of nitrogens with one attached hydrogen (secondary N) is 2. The molecule has 2 N–H and O–H groups in total. The van der Waals surface area contributed by atoms with Crippen molar-refractivity contribution in [2.75, 3.05) is 19.0 Å². The molecule has 1 aliphatic rings. The molecule has 0 atom stereocenters. The lowest BCUT2D eigenvalue weighted by Crippen LogP contribution is -2.30. The molecule has 33 heavy (non-hydrogen) atoms. The van der Waals surface area contributed by atoms with Crippen LogP contribution in [0.4, 0.5) is 5.69 Å². The third kappa shape index (κ3) is 5.25. The second-order valence-corrected chi connectivity index (χ2v) is 7.84. The monoisotopic (exact) mass is 448 g/mol. The van der Waals surface area contributed by atoms with Gasteiger partial charge in [-0.05, 0) is 43.2 Å². The van der Waals surface area contributed by atoms with Crippen molar-refractivity contribution < 1.29 is 19.1 Å². The Labute approximate surface area is 189 Å². The van der Waals surface area contributed by atoms with Gasteiger partial charge in [0.2, 0.25) is 5.91 Å². The van der Waals surface area contributed by atoms with Crippen molar-refractivity contribution in [2.24, 2.45) is 0 Å². The van der Waals surface area contributed by atoms with Gasteiger partial charge in [-0.3, -0.25) is 23.7 Å². The van der Waals surface area contributed by atoms with Crippen LogP contribution in [-0.4, -0.2) is 41.0 Å². The summed E-state index contributed by atoms with van der Waals surface area (Å²) in [5, 5.41) is 5.81. The number of anilines is 1. The van der Waals surface area contributed by atoms with Crippen LogP contribution in [0.3, 0.4) is 0 Å². The van der Waals surface area contributed by atoms with Crippen molar-refractivity contribution in [3.05, 3.63) is 70.3 Å². The number of ether oxygens (including phenoxy) is 1. The van der Waals surface area contributed by atoms with Crippen LogP contribution in [0.2, 0.25) is 0 Å². The molecule has 1 saturated carbocycles. The van der Waals surface area contributed by atoms with E-state index < -0.39 is 11.9 Å². The number of hydrogen-bond donors (Lipinski definition) is 2. The molecule has 4 rings (SSSR count). The minimum absolute atomic E-state index is 0.0656. The number of aryl methyl sites for hydroxylation is 1. The van der Waals surface area contributed by atoms with Crippen molar-refractivity contribution >= 4 is 34.4 Å². The second-order valence-electron chi connectivity index (χ2n) is 7.84. The van der Waals surface area contributed by atoms with Gasteiger partial charge in [0.15, 0.2) is 0 Å². The van der Waals surface area contributed by atoms with Crippen LogP contribution in [0.1, 0.15) is 41.5 Å². The summed E-state index contributed by atoms with van der Waals surface area (Å²) in [5.74, 6) is -0.663. The molecule has 2 amide bonds. The summed E-state index contributed by atoms with van der Waals surface area (Å²) in [6.07, 6.45) is 2.33. The minimum Gasteiger partial charge on any atom is -0.468 e. The molecular weight excluding hydrogens is 424 g/mol. The molecule has 170 valence electrons. The van der Waals surface area contributed by atoms with Crippen LogP contribution < -0.4 is 16.2 Å². The third-order valence-corrected chi connectivity index (χ3v) is 5.40. The van der Waals surface area contributed by atoms with E-state index in [4.69, 9.17) is 0 Å². The van der Waals surface area contributed by atoms with Crippen molar-refractivity contribution in [2.45, 2.75) is 31.7 Å². The highest BCUT2D eigenvalue weighted by Crippen LogP contribution is 2.34. The zero-order valence-corrected chi connectivity index (χ0v) is 18.2. The van der Waals surface area contributed by atoms with Crippen molar-refractivity contribution in [1.29, 1.82) is 0 Å². The molecule has 0 unspecified atom stereocenters. The Balaban J connectivity index is 1.43. The molecule has 1 aliphatic carbocycles. The molecule has 0 saturated heterocycles. The molecule has 0 radical (unpaired) electrons. The van der Waals surface area contributed by atoms with Crippen LogP contribution in [0.15, 0.2) is 53.3 Å². The van der Waals surface area contributed by atoms with Gasteiger partial charge in [0.1, 0.15) is 12.4 Å². The van der Waals surface area contributed by atoms with Gasteiger partial charge in [0.05, 0.1) is 18.0 Å². The van der Waals surface area contributed by atoms with Crippen molar-refractivity contribution in [3.63, 3.8) is 0 Å². The van der Waals surface area contributed by atoms with E-state index in [-0.39, 0.29) is 30.5 Å². The summed E-state index contributed by atoms with van der Waals surface area (Å²) < 4.78 is 6.22. The summed E-state index contributed by atoms with van der Waals surface area (Å²) in [6.45, 7) is -0.243. The number of methoxy groups -OCH3 is 1. The zero-order valence-electron chi connectivity index (χ0n) is 18.2. The van der Waals surface area contributed by atoms with Gasteiger partial charge in [-0.1, -0.05) is 18.2 Å². The molecule has 1 aromatic heterocycles. The van der Waals surface area contributed by atoms with Gasteiger partial charge in [-0.15, -0.1) is 0 Å². The maximum absolute atomic E-state index is 12.9. The number of nitrogens with zero attached hydrogens (tertiary/aromatic N) is 2. The van der Waals surface area contributed by atoms with E-state index in [1.807, 2.05) is 12.1 Å². The standard InChI is InChI=1S/C24H24N4O5/c1-33-22(30)14-25-23(31)15-5-4-6-16(13-15)26-21(29)12-11-20-27-19-8-3-2-7-18(19)24(32)28(20)17-9-10-17/h2-8,13,17H,9-12,14H2,1H3,(H,25,31)(H,26,29). The van der Waals surface area contributed by atoms with E-state index in [0.717, 1.165) is 12.8 Å². The summed E-state index contributed by atoms with van der Waals surface area (Å²) in [7, 11) is 1.24. The predicted molar refractivity (Wildman–Crippen MR) is 122 cm³/mol. The fraction of sp³-hybridized carbons (Fsp3) is 0.292. The van der Waals surface area contributed by atoms with Gasteiger partial charge in [0, 0.05) is 30.1 Å². The smallest absolute Gasteiger partial charge is 0.325 e. The average Bonchev–Trinajstić information content (AvgIpc) is 3.66. The van der Waals surface area contributed by atoms with E-state index in [2.05, 4.69) is 20.4 Å². The van der Waals surface area contributed by atoms with E-state index >= 15 is 0 Å². The molecule has 2 aromatic carbocycles. The molecule has 1 fully saturated rings. The van der Waals surface area contributed by atoms with Gasteiger partial charge < -0.3 is 15.4 Å². The molecule has 9 heteroatoms. The zero-order chi connectivity index (χ0) is 23.4. The Hall–Kier alpha value is -4.01. The average molecular weight is 448 g/mol. The molecule has 0 bridgehead atoms. The van der Waals surface area contributed by atoms with E-state index in [1.165, 1.54) is 13.2 Å². The number of para-hydroxylation sites is 1. The number of carbonyl (C=O) groups is 3. The predicted octanol–water partition coefficient (Wildman–Crippen LogP) is 2.21. The Kier molecular flexibility index (Phi) is 6.48. The Morgan fingerprint density at radius 3 is 2.67 bits per heavy atom. The van der Waals surface area contributed by atoms with Crippen LogP contribution in [0, 0.1) is 0 Å². The highest BCUT2D eigenvalue weighted by Gasteiger charge is 2.28. The van der Waals surface area contributed by atoms with Gasteiger partial charge >= 0.3 is 5.97 Å². The first-order valence-corrected chi connectivity index (χ1v) is 10.7. The van der Waals surface area contributed by atoms with Gasteiger partial charge in [-0.25, -0.2) is 4.98 Å². The number of amides is 2. The quantitative estimate of drug-likeness (QED) is 0.510. The fourth-order valence-electron chi connectivity index (χ4n) is 3.59. The number of aromatic nitrogens is 2. The fourth-order valence-corrected chi connectivity index (χ4v) is 3.59. The Morgan fingerprint density at radius 1 is 1.12 bits per heavy atom. The first-order valence-electron chi connectivity index (χ1n) is 10.7. The topological polar surface area (TPSA) is 119 Å². The van der Waals surface area contributed by atoms with Crippen LogP contribution in [-0.2, 0) is 20.7 Å². The minimum atomic E-state index is -0.556. The van der Waals surface area contributed by atoms with Crippen LogP contribution >= 0.6 is 0 Å². The molecule has 9 nitrogen and oxygen atoms in total. The summed E-state index contributed by atoms with van der Waals surface area (Å²) >= 11 is 0. The number of esters is 1. The number of benzene rings is 2. The van der Waals surface area contributed by atoms with Crippen molar-refractivity contribution in [3.8, 4) is 0 Å². The lowest BCUT2D eigenvalue weighted by molar-refractivity contribution is -0.139. The maximum Gasteiger partial charge on any atom is 0.325 e. The first kappa shape index (κ1) is 22.2. The molecular formula is C24H24N4O5. The molecule has 3 aromatic rings. The third-order valence-electron chi connectivity index (χ3n) is 5.40. The normalized spacial score (nSPS) is 12.9. The number of carbonyl (C=O) groups excluding carboxylic acids is 3. The molecule has 0 aliphatic heterocycles. The Bertz CT molecular complexity index is 1280. The second kappa shape index (κ2) is 9.64. The van der Waals surface area contributed by atoms with Gasteiger partial charge in [-0.2, -0.15) is 0 Å². The number of fused-ring (bicyclic) bond motifs is 1. The largest absolute Gasteiger partial charge is 0.468 e. The Morgan fingerprint density at radius 2 is 1.91 bits per heavy atom. The van der Waals surface area contributed by atoms with Crippen LogP contribution in [0.5, 0.6) is 0 Å². The lowest BCUT2D eigenvalue weighted by Gasteiger charge is -2.13. The number of hydrogen-bond acceptors (Lipinski definition) is 6. The highest BCUT2D eigenvalue weighted by atomic mass is 16.5. The summed E-state index contributed by atoms with van der Waals surface area (Å²) in [4.78, 5) is 53.5. The molecule has 1 heterocycles. The SMILES string of the molecule is COC(=O)CNC(=O)c1cccc(NC(=O)CCc2nc3ccccc3c(=O)n2C2CC2)c1. The maximum atomic E-state index is 12.9. The number of rotatable bonds is 8. The summed E-state index contributed by atoms with van der Waals surface area (Å²) in [5.41, 5.74) is 1.32. The van der Waals surface area contributed by atoms with E-state index in [1.54, 1.807) is 34.9 Å².